The zero-order chi connectivity index (χ0) is 10.7. The van der Waals surface area contributed by atoms with Crippen LogP contribution in [0, 0.1) is 0 Å². The summed E-state index contributed by atoms with van der Waals surface area (Å²) < 4.78 is 4.88. The van der Waals surface area contributed by atoms with Crippen molar-refractivity contribution in [3.63, 3.8) is 0 Å². The van der Waals surface area contributed by atoms with Gasteiger partial charge in [0.25, 0.3) is 0 Å². The van der Waals surface area contributed by atoms with Gasteiger partial charge in [0.1, 0.15) is 12.4 Å². The van der Waals surface area contributed by atoms with Crippen molar-refractivity contribution in [3.05, 3.63) is 18.1 Å². The summed E-state index contributed by atoms with van der Waals surface area (Å²) in [6.45, 7) is 2.31. The van der Waals surface area contributed by atoms with Crippen molar-refractivity contribution < 1.29 is 9.53 Å². The number of rotatable bonds is 1. The second kappa shape index (κ2) is 4.04. The Balaban J connectivity index is 2.30. The Morgan fingerprint density at radius 2 is 2.33 bits per heavy atom. The molecule has 0 N–H and O–H groups in total. The molecular weight excluding hydrogens is 196 g/mol. The molecule has 0 aromatic carbocycles. The summed E-state index contributed by atoms with van der Waals surface area (Å²) >= 11 is 0. The van der Waals surface area contributed by atoms with Gasteiger partial charge < -0.3 is 4.74 Å². The predicted molar refractivity (Wildman–Crippen MR) is 54.0 cm³/mol. The Labute approximate surface area is 86.6 Å². The van der Waals surface area contributed by atoms with E-state index in [1.165, 1.54) is 11.1 Å². The van der Waals surface area contributed by atoms with Gasteiger partial charge in [-0.15, -0.1) is 0 Å². The molecule has 2 heterocycles. The Kier molecular flexibility index (Phi) is 2.57. The Hall–Kier alpha value is -1.98. The summed E-state index contributed by atoms with van der Waals surface area (Å²) in [6.07, 6.45) is 4.23. The zero-order valence-electron chi connectivity index (χ0n) is 8.25. The summed E-state index contributed by atoms with van der Waals surface area (Å²) in [6, 6.07) is 0. The minimum Gasteiger partial charge on any atom is -0.449 e. The SMILES string of the molecule is CCOC(=O)N1CN=Cc2nccnc21. The van der Waals surface area contributed by atoms with E-state index in [-0.39, 0.29) is 6.67 Å². The molecule has 1 aliphatic heterocycles. The van der Waals surface area contributed by atoms with Gasteiger partial charge in [-0.3, -0.25) is 4.99 Å². The third kappa shape index (κ3) is 1.78. The molecule has 78 valence electrons. The number of nitrogens with zero attached hydrogens (tertiary/aromatic N) is 4. The Bertz CT molecular complexity index is 405. The van der Waals surface area contributed by atoms with Gasteiger partial charge in [-0.05, 0) is 6.92 Å². The quantitative estimate of drug-likeness (QED) is 0.682. The summed E-state index contributed by atoms with van der Waals surface area (Å²) in [7, 11) is 0. The molecule has 6 nitrogen and oxygen atoms in total. The fraction of sp³-hybridized carbons (Fsp3) is 0.333. The number of fused-ring (bicyclic) bond motifs is 1. The van der Waals surface area contributed by atoms with Crippen LogP contribution in [0.4, 0.5) is 10.6 Å². The van der Waals surface area contributed by atoms with Gasteiger partial charge in [0.2, 0.25) is 0 Å². The van der Waals surface area contributed by atoms with E-state index >= 15 is 0 Å². The first-order chi connectivity index (χ1) is 7.33. The molecule has 15 heavy (non-hydrogen) atoms. The number of aliphatic imine (C=N–C) groups is 1. The predicted octanol–water partition coefficient (Wildman–Crippen LogP) is 0.829. The van der Waals surface area contributed by atoms with Gasteiger partial charge in [-0.25, -0.2) is 19.7 Å². The molecular formula is C9H10N4O2. The second-order valence-electron chi connectivity index (χ2n) is 2.85. The molecule has 0 spiro atoms. The van der Waals surface area contributed by atoms with Crippen LogP contribution in [0.3, 0.4) is 0 Å². The number of carbonyl (C=O) groups excluding carboxylic acids is 1. The smallest absolute Gasteiger partial charge is 0.417 e. The first kappa shape index (κ1) is 9.57. The molecule has 0 fully saturated rings. The number of hydrogen-bond acceptors (Lipinski definition) is 5. The average Bonchev–Trinajstić information content (AvgIpc) is 2.28. The van der Waals surface area contributed by atoms with E-state index in [0.717, 1.165) is 0 Å². The summed E-state index contributed by atoms with van der Waals surface area (Å²) in [5.74, 6) is 0.492. The minimum absolute atomic E-state index is 0.227. The van der Waals surface area contributed by atoms with E-state index < -0.39 is 6.09 Å². The van der Waals surface area contributed by atoms with E-state index in [4.69, 9.17) is 4.74 Å². The van der Waals surface area contributed by atoms with Crippen LogP contribution in [0.5, 0.6) is 0 Å². The first-order valence-corrected chi connectivity index (χ1v) is 4.58. The maximum atomic E-state index is 11.5. The standard InChI is InChI=1S/C9H10N4O2/c1-2-15-9(14)13-6-10-5-7-8(13)12-4-3-11-7/h3-5H,2,6H2,1H3. The number of carbonyl (C=O) groups is 1. The lowest BCUT2D eigenvalue weighted by Crippen LogP contribution is -2.35. The highest BCUT2D eigenvalue weighted by atomic mass is 16.6. The van der Waals surface area contributed by atoms with Crippen molar-refractivity contribution >= 4 is 18.1 Å². The van der Waals surface area contributed by atoms with Crippen LogP contribution < -0.4 is 4.90 Å². The number of hydrogen-bond donors (Lipinski definition) is 0. The molecule has 2 rings (SSSR count). The van der Waals surface area contributed by atoms with Gasteiger partial charge in [0.15, 0.2) is 5.82 Å². The van der Waals surface area contributed by atoms with Crippen LogP contribution in [-0.4, -0.2) is 35.6 Å². The van der Waals surface area contributed by atoms with Crippen LogP contribution in [-0.2, 0) is 4.74 Å². The van der Waals surface area contributed by atoms with Crippen LogP contribution in [0.1, 0.15) is 12.6 Å². The first-order valence-electron chi connectivity index (χ1n) is 4.58. The lowest BCUT2D eigenvalue weighted by atomic mass is 10.4. The molecule has 1 aromatic rings. The number of anilines is 1. The zero-order valence-corrected chi connectivity index (χ0v) is 8.25. The van der Waals surface area contributed by atoms with Gasteiger partial charge in [-0.2, -0.15) is 0 Å². The molecule has 1 aromatic heterocycles. The molecule has 0 saturated carbocycles. The van der Waals surface area contributed by atoms with Crippen molar-refractivity contribution in [2.24, 2.45) is 4.99 Å². The molecule has 1 aliphatic rings. The van der Waals surface area contributed by atoms with Crippen molar-refractivity contribution in [1.82, 2.24) is 9.97 Å². The molecule has 6 heteroatoms. The van der Waals surface area contributed by atoms with E-state index in [1.54, 1.807) is 19.3 Å². The van der Waals surface area contributed by atoms with Crippen molar-refractivity contribution in [2.75, 3.05) is 18.2 Å². The summed E-state index contributed by atoms with van der Waals surface area (Å²) in [5, 5.41) is 0. The van der Waals surface area contributed by atoms with Crippen molar-refractivity contribution in [1.29, 1.82) is 0 Å². The van der Waals surface area contributed by atoms with E-state index in [1.807, 2.05) is 0 Å². The molecule has 1 amide bonds. The summed E-state index contributed by atoms with van der Waals surface area (Å²) in [4.78, 5) is 25.0. The van der Waals surface area contributed by atoms with Crippen molar-refractivity contribution in [2.45, 2.75) is 6.92 Å². The van der Waals surface area contributed by atoms with Gasteiger partial charge in [0.05, 0.1) is 12.8 Å². The maximum Gasteiger partial charge on any atom is 0.417 e. The molecule has 0 unspecified atom stereocenters. The van der Waals surface area contributed by atoms with Crippen LogP contribution in [0.15, 0.2) is 17.4 Å². The van der Waals surface area contributed by atoms with Crippen LogP contribution >= 0.6 is 0 Å². The third-order valence-electron chi connectivity index (χ3n) is 1.89. The summed E-state index contributed by atoms with van der Waals surface area (Å²) in [5.41, 5.74) is 0.580. The van der Waals surface area contributed by atoms with Crippen molar-refractivity contribution in [3.8, 4) is 0 Å². The highest BCUT2D eigenvalue weighted by Gasteiger charge is 2.23. The highest BCUT2D eigenvalue weighted by Crippen LogP contribution is 2.17. The Morgan fingerprint density at radius 3 is 3.13 bits per heavy atom. The molecule has 0 radical (unpaired) electrons. The molecule has 0 atom stereocenters. The molecule has 0 bridgehead atoms. The van der Waals surface area contributed by atoms with Gasteiger partial charge in [0, 0.05) is 12.4 Å². The van der Waals surface area contributed by atoms with Crippen LogP contribution in [0.2, 0.25) is 0 Å². The van der Waals surface area contributed by atoms with E-state index in [0.29, 0.717) is 18.1 Å². The highest BCUT2D eigenvalue weighted by molar-refractivity contribution is 5.95. The van der Waals surface area contributed by atoms with E-state index in [2.05, 4.69) is 15.0 Å². The third-order valence-corrected chi connectivity index (χ3v) is 1.89. The fourth-order valence-corrected chi connectivity index (χ4v) is 1.26. The Morgan fingerprint density at radius 1 is 1.53 bits per heavy atom. The molecule has 0 aliphatic carbocycles. The minimum atomic E-state index is -0.448. The largest absolute Gasteiger partial charge is 0.449 e. The maximum absolute atomic E-state index is 11.5. The normalized spacial score (nSPS) is 13.5. The van der Waals surface area contributed by atoms with Gasteiger partial charge in [-0.1, -0.05) is 0 Å². The van der Waals surface area contributed by atoms with E-state index in [9.17, 15) is 4.79 Å². The average molecular weight is 206 g/mol. The number of aromatic nitrogens is 2. The number of amides is 1. The lowest BCUT2D eigenvalue weighted by Gasteiger charge is -2.22. The monoisotopic (exact) mass is 206 g/mol. The lowest BCUT2D eigenvalue weighted by molar-refractivity contribution is 0.159. The topological polar surface area (TPSA) is 67.7 Å². The van der Waals surface area contributed by atoms with Crippen LogP contribution in [0.25, 0.3) is 0 Å². The van der Waals surface area contributed by atoms with Gasteiger partial charge >= 0.3 is 6.09 Å². The number of ether oxygens (including phenoxy) is 1. The fourth-order valence-electron chi connectivity index (χ4n) is 1.26. The second-order valence-corrected chi connectivity index (χ2v) is 2.85. The molecule has 0 saturated heterocycles.